The van der Waals surface area contributed by atoms with Crippen molar-refractivity contribution in [1.82, 2.24) is 0 Å². The number of cyclic esters (lactones) is 2. The lowest BCUT2D eigenvalue weighted by molar-refractivity contribution is -0.222. The molecule has 0 unspecified atom stereocenters. The molecule has 0 aliphatic carbocycles. The second-order valence-corrected chi connectivity index (χ2v) is 5.87. The van der Waals surface area contributed by atoms with E-state index in [1.54, 1.807) is 36.4 Å². The predicted octanol–water partition coefficient (Wildman–Crippen LogP) is 3.28. The van der Waals surface area contributed by atoms with Crippen LogP contribution in [0.25, 0.3) is 17.2 Å². The van der Waals surface area contributed by atoms with Crippen molar-refractivity contribution in [3.8, 4) is 16.9 Å². The zero-order valence-electron chi connectivity index (χ0n) is 13.3. The van der Waals surface area contributed by atoms with Crippen molar-refractivity contribution in [3.05, 3.63) is 59.7 Å². The van der Waals surface area contributed by atoms with Crippen molar-refractivity contribution in [2.24, 2.45) is 0 Å². The van der Waals surface area contributed by atoms with Gasteiger partial charge in [0.15, 0.2) is 0 Å². The summed E-state index contributed by atoms with van der Waals surface area (Å²) < 4.78 is 10.2. The van der Waals surface area contributed by atoms with Crippen LogP contribution in [-0.2, 0) is 19.1 Å². The summed E-state index contributed by atoms with van der Waals surface area (Å²) in [4.78, 5) is 24.2. The average Bonchev–Trinajstić information content (AvgIpc) is 2.51. The second kappa shape index (κ2) is 5.85. The van der Waals surface area contributed by atoms with E-state index >= 15 is 0 Å². The van der Waals surface area contributed by atoms with Crippen molar-refractivity contribution in [2.45, 2.75) is 19.6 Å². The Hall–Kier alpha value is -3.08. The lowest BCUT2D eigenvalue weighted by atomic mass is 9.97. The minimum atomic E-state index is -1.26. The van der Waals surface area contributed by atoms with Crippen LogP contribution in [0.1, 0.15) is 19.4 Å². The predicted molar refractivity (Wildman–Crippen MR) is 87.8 cm³/mol. The van der Waals surface area contributed by atoms with Gasteiger partial charge in [-0.25, -0.2) is 9.59 Å². The van der Waals surface area contributed by atoms with Crippen molar-refractivity contribution < 1.29 is 24.2 Å². The summed E-state index contributed by atoms with van der Waals surface area (Å²) in [5.41, 5.74) is 2.18. The normalized spacial score (nSPS) is 16.3. The molecule has 5 heteroatoms. The quantitative estimate of drug-likeness (QED) is 0.521. The van der Waals surface area contributed by atoms with E-state index in [4.69, 9.17) is 9.47 Å². The molecule has 1 heterocycles. The molecule has 1 aliphatic rings. The van der Waals surface area contributed by atoms with Crippen LogP contribution >= 0.6 is 0 Å². The van der Waals surface area contributed by atoms with Crippen LogP contribution in [0.15, 0.2) is 54.1 Å². The third-order valence-electron chi connectivity index (χ3n) is 3.56. The fourth-order valence-electron chi connectivity index (χ4n) is 2.46. The molecule has 24 heavy (non-hydrogen) atoms. The van der Waals surface area contributed by atoms with Gasteiger partial charge < -0.3 is 14.6 Å². The highest BCUT2D eigenvalue weighted by atomic mass is 16.7. The molecule has 0 atom stereocenters. The molecule has 3 rings (SSSR count). The van der Waals surface area contributed by atoms with E-state index in [1.807, 2.05) is 12.1 Å². The number of hydrogen-bond donors (Lipinski definition) is 1. The Morgan fingerprint density at radius 1 is 0.917 bits per heavy atom. The fraction of sp³-hybridized carbons (Fsp3) is 0.158. The number of ether oxygens (including phenoxy) is 2. The Morgan fingerprint density at radius 3 is 2.12 bits per heavy atom. The smallest absolute Gasteiger partial charge is 0.348 e. The van der Waals surface area contributed by atoms with E-state index in [9.17, 15) is 14.7 Å². The van der Waals surface area contributed by atoms with Crippen LogP contribution in [0.2, 0.25) is 0 Å². The van der Waals surface area contributed by atoms with Crippen LogP contribution in [0.4, 0.5) is 0 Å². The minimum absolute atomic E-state index is 0.152. The molecule has 1 fully saturated rings. The van der Waals surface area contributed by atoms with E-state index in [0.29, 0.717) is 5.56 Å². The SMILES string of the molecule is CC1(C)OC(=O)C(=Cc2ccccc2-c2ccc(O)cc2)C(=O)O1. The molecule has 0 bridgehead atoms. The maximum absolute atomic E-state index is 12.1. The highest BCUT2D eigenvalue weighted by molar-refractivity contribution is 6.19. The van der Waals surface area contributed by atoms with Gasteiger partial charge in [0.1, 0.15) is 11.3 Å². The molecule has 0 radical (unpaired) electrons. The minimum Gasteiger partial charge on any atom is -0.508 e. The highest BCUT2D eigenvalue weighted by Crippen LogP contribution is 2.29. The number of esters is 2. The van der Waals surface area contributed by atoms with Gasteiger partial charge in [-0.05, 0) is 34.9 Å². The molecule has 1 aliphatic heterocycles. The van der Waals surface area contributed by atoms with Crippen molar-refractivity contribution in [1.29, 1.82) is 0 Å². The molecule has 1 N–H and O–H groups in total. The summed E-state index contributed by atoms with van der Waals surface area (Å²) >= 11 is 0. The van der Waals surface area contributed by atoms with E-state index in [0.717, 1.165) is 11.1 Å². The molecule has 0 aromatic heterocycles. The van der Waals surface area contributed by atoms with E-state index in [2.05, 4.69) is 0 Å². The average molecular weight is 324 g/mol. The van der Waals surface area contributed by atoms with E-state index in [1.165, 1.54) is 19.9 Å². The topological polar surface area (TPSA) is 72.8 Å². The lowest BCUT2D eigenvalue weighted by Gasteiger charge is -2.29. The number of hydrogen-bond acceptors (Lipinski definition) is 5. The van der Waals surface area contributed by atoms with Crippen LogP contribution < -0.4 is 0 Å². The maximum Gasteiger partial charge on any atom is 0.348 e. The first-order valence-corrected chi connectivity index (χ1v) is 7.42. The molecule has 0 amide bonds. The summed E-state index contributed by atoms with van der Waals surface area (Å²) in [6.45, 7) is 3.01. The first-order valence-electron chi connectivity index (χ1n) is 7.42. The van der Waals surface area contributed by atoms with Gasteiger partial charge in [0.2, 0.25) is 0 Å². The number of phenols is 1. The Labute approximate surface area is 139 Å². The lowest BCUT2D eigenvalue weighted by Crippen LogP contribution is -2.41. The fourth-order valence-corrected chi connectivity index (χ4v) is 2.46. The van der Waals surface area contributed by atoms with Crippen molar-refractivity contribution in [3.63, 3.8) is 0 Å². The Bertz CT molecular complexity index is 809. The summed E-state index contributed by atoms with van der Waals surface area (Å²) in [5.74, 6) is -2.52. The number of benzene rings is 2. The molecule has 5 nitrogen and oxygen atoms in total. The van der Waals surface area contributed by atoms with Gasteiger partial charge in [-0.3, -0.25) is 0 Å². The van der Waals surface area contributed by atoms with Gasteiger partial charge in [0.25, 0.3) is 5.79 Å². The van der Waals surface area contributed by atoms with Gasteiger partial charge in [-0.2, -0.15) is 0 Å². The van der Waals surface area contributed by atoms with Gasteiger partial charge in [0, 0.05) is 13.8 Å². The molecule has 0 saturated carbocycles. The molecule has 2 aromatic rings. The molecule has 122 valence electrons. The molecule has 1 saturated heterocycles. The number of carbonyl (C=O) groups excluding carboxylic acids is 2. The summed E-state index contributed by atoms with van der Waals surface area (Å²) in [7, 11) is 0. The van der Waals surface area contributed by atoms with E-state index in [-0.39, 0.29) is 11.3 Å². The first kappa shape index (κ1) is 15.8. The summed E-state index contributed by atoms with van der Waals surface area (Å²) in [5, 5.41) is 9.42. The monoisotopic (exact) mass is 324 g/mol. The molecular weight excluding hydrogens is 308 g/mol. The molecule has 2 aromatic carbocycles. The number of carbonyl (C=O) groups is 2. The first-order chi connectivity index (χ1) is 11.4. The standard InChI is InChI=1S/C19H16O5/c1-19(2)23-17(21)16(18(22)24-19)11-13-5-3-4-6-15(13)12-7-9-14(20)10-8-12/h3-11,20H,1-2H3. The third kappa shape index (κ3) is 3.15. The van der Waals surface area contributed by atoms with Gasteiger partial charge in [0.05, 0.1) is 0 Å². The van der Waals surface area contributed by atoms with Gasteiger partial charge in [-0.15, -0.1) is 0 Å². The Balaban J connectivity index is 2.03. The highest BCUT2D eigenvalue weighted by Gasteiger charge is 2.38. The number of phenolic OH excluding ortho intramolecular Hbond substituents is 1. The second-order valence-electron chi connectivity index (χ2n) is 5.87. The van der Waals surface area contributed by atoms with Crippen LogP contribution in [0.3, 0.4) is 0 Å². The zero-order valence-corrected chi connectivity index (χ0v) is 13.3. The van der Waals surface area contributed by atoms with Gasteiger partial charge in [-0.1, -0.05) is 36.4 Å². The summed E-state index contributed by atoms with van der Waals surface area (Å²) in [6.07, 6.45) is 1.46. The van der Waals surface area contributed by atoms with Crippen LogP contribution in [0.5, 0.6) is 5.75 Å². The Kier molecular flexibility index (Phi) is 3.85. The largest absolute Gasteiger partial charge is 0.508 e. The molecular formula is C19H16O5. The third-order valence-corrected chi connectivity index (χ3v) is 3.56. The van der Waals surface area contributed by atoms with Crippen LogP contribution in [0, 0.1) is 0 Å². The Morgan fingerprint density at radius 2 is 1.50 bits per heavy atom. The zero-order chi connectivity index (χ0) is 17.3. The van der Waals surface area contributed by atoms with Gasteiger partial charge >= 0.3 is 11.9 Å². The van der Waals surface area contributed by atoms with Crippen molar-refractivity contribution >= 4 is 18.0 Å². The van der Waals surface area contributed by atoms with Crippen molar-refractivity contribution in [2.75, 3.05) is 0 Å². The van der Waals surface area contributed by atoms with Crippen LogP contribution in [-0.4, -0.2) is 22.8 Å². The number of aromatic hydroxyl groups is 1. The van der Waals surface area contributed by atoms with E-state index < -0.39 is 17.7 Å². The maximum atomic E-state index is 12.1. The molecule has 0 spiro atoms. The number of rotatable bonds is 2. The summed E-state index contributed by atoms with van der Waals surface area (Å²) in [6, 6.07) is 14.0.